The summed E-state index contributed by atoms with van der Waals surface area (Å²) in [4.78, 5) is 47.0. The fourth-order valence-corrected chi connectivity index (χ4v) is 7.63. The summed E-state index contributed by atoms with van der Waals surface area (Å²) in [6, 6.07) is 6.82. The van der Waals surface area contributed by atoms with Crippen molar-refractivity contribution in [1.82, 2.24) is 4.90 Å². The molecule has 224 valence electrons. The van der Waals surface area contributed by atoms with E-state index in [4.69, 9.17) is 9.47 Å². The number of carbonyl (C=O) groups is 3. The van der Waals surface area contributed by atoms with Gasteiger partial charge in [-0.3, -0.25) is 14.4 Å². The summed E-state index contributed by atoms with van der Waals surface area (Å²) >= 11 is 3.68. The molecule has 1 spiro atoms. The zero-order valence-electron chi connectivity index (χ0n) is 24.0. The molecule has 0 aliphatic carbocycles. The summed E-state index contributed by atoms with van der Waals surface area (Å²) in [5, 5.41) is 9.61. The van der Waals surface area contributed by atoms with Gasteiger partial charge in [-0.1, -0.05) is 28.1 Å². The number of carbonyl (C=O) groups excluding carboxylic acids is 3. The number of anilines is 2. The molecule has 3 saturated heterocycles. The molecule has 3 unspecified atom stereocenters. The first-order valence-electron chi connectivity index (χ1n) is 14.6. The number of rotatable bonds is 15. The number of nitrogens with zero attached hydrogens (tertiary/aromatic N) is 3. The molecule has 0 saturated carbocycles. The van der Waals surface area contributed by atoms with Crippen LogP contribution in [0.1, 0.15) is 39.5 Å². The van der Waals surface area contributed by atoms with Crippen molar-refractivity contribution in [3.63, 3.8) is 0 Å². The maximum Gasteiger partial charge on any atom is 0.312 e. The Hall–Kier alpha value is -2.69. The first-order valence-corrected chi connectivity index (χ1v) is 15.5. The van der Waals surface area contributed by atoms with Crippen molar-refractivity contribution < 1.29 is 29.0 Å². The first-order chi connectivity index (χ1) is 19.8. The van der Waals surface area contributed by atoms with Crippen LogP contribution in [0.15, 0.2) is 49.6 Å². The van der Waals surface area contributed by atoms with Crippen LogP contribution in [0.25, 0.3) is 0 Å². The highest BCUT2D eigenvalue weighted by molar-refractivity contribution is 9.09. The average Bonchev–Trinajstić information content (AvgIpc) is 3.56. The van der Waals surface area contributed by atoms with Crippen molar-refractivity contribution in [2.24, 2.45) is 11.8 Å². The summed E-state index contributed by atoms with van der Waals surface area (Å²) in [6.07, 6.45) is 4.91. The fraction of sp³-hybridized carbons (Fsp3) is 0.581. The summed E-state index contributed by atoms with van der Waals surface area (Å²) in [5.41, 5.74) is 0.549. The molecule has 0 radical (unpaired) electrons. The molecule has 3 heterocycles. The highest BCUT2D eigenvalue weighted by Crippen LogP contribution is 2.60. The van der Waals surface area contributed by atoms with Gasteiger partial charge in [-0.05, 0) is 63.8 Å². The van der Waals surface area contributed by atoms with Crippen molar-refractivity contribution in [3.8, 4) is 0 Å². The molecule has 3 aliphatic heterocycles. The van der Waals surface area contributed by atoms with Crippen LogP contribution in [-0.4, -0.2) is 89.8 Å². The van der Waals surface area contributed by atoms with Crippen molar-refractivity contribution in [1.29, 1.82) is 0 Å². The molecular weight excluding hydrogens is 590 g/mol. The monoisotopic (exact) mass is 631 g/mol. The molecule has 9 nitrogen and oxygen atoms in total. The largest absolute Gasteiger partial charge is 0.465 e. The minimum Gasteiger partial charge on any atom is -0.465 e. The number of benzene rings is 1. The standard InChI is InChI=1S/C31H42BrN3O6/c1-5-9-10-19-40-30(39)24-25-28(37)35(17-11-18-36)27(31(25)20-23(32)26(24)41-31)29(38)34(16-6-2)22-14-12-21(13-15-22)33(7-3)8-4/h5-6,12-15,23-27,36H,1-2,7-11,16-20H2,3-4H3/t23?,24-,25-,26-,27?,31?/m0/s1. The van der Waals surface area contributed by atoms with E-state index >= 15 is 0 Å². The van der Waals surface area contributed by atoms with E-state index in [1.54, 1.807) is 17.1 Å². The van der Waals surface area contributed by atoms with Gasteiger partial charge in [0.25, 0.3) is 5.91 Å². The number of hydrogen-bond acceptors (Lipinski definition) is 7. The van der Waals surface area contributed by atoms with Crippen LogP contribution in [0.4, 0.5) is 11.4 Å². The number of unbranched alkanes of at least 4 members (excludes halogenated alkanes) is 1. The number of hydrogen-bond donors (Lipinski definition) is 1. The number of aliphatic hydroxyl groups is 1. The van der Waals surface area contributed by atoms with Crippen LogP contribution in [0, 0.1) is 11.8 Å². The summed E-state index contributed by atoms with van der Waals surface area (Å²) in [5.74, 6) is -2.73. The Balaban J connectivity index is 1.69. The zero-order chi connectivity index (χ0) is 29.7. The van der Waals surface area contributed by atoms with Crippen LogP contribution >= 0.6 is 15.9 Å². The second-order valence-electron chi connectivity index (χ2n) is 10.8. The second-order valence-corrected chi connectivity index (χ2v) is 12.0. The quantitative estimate of drug-likeness (QED) is 0.136. The molecule has 4 rings (SSSR count). The van der Waals surface area contributed by atoms with Gasteiger partial charge in [-0.25, -0.2) is 0 Å². The number of alkyl halides is 1. The van der Waals surface area contributed by atoms with Gasteiger partial charge < -0.3 is 29.3 Å². The van der Waals surface area contributed by atoms with Crippen LogP contribution in [0.2, 0.25) is 0 Å². The maximum atomic E-state index is 14.5. The number of esters is 1. The van der Waals surface area contributed by atoms with E-state index < -0.39 is 35.6 Å². The van der Waals surface area contributed by atoms with Crippen molar-refractivity contribution >= 4 is 45.1 Å². The van der Waals surface area contributed by atoms with Gasteiger partial charge in [-0.15, -0.1) is 13.2 Å². The van der Waals surface area contributed by atoms with E-state index in [0.29, 0.717) is 31.4 Å². The van der Waals surface area contributed by atoms with E-state index in [1.807, 2.05) is 24.3 Å². The third-order valence-corrected chi connectivity index (χ3v) is 9.36. The molecule has 1 aromatic carbocycles. The van der Waals surface area contributed by atoms with Gasteiger partial charge in [0.2, 0.25) is 5.91 Å². The Labute approximate surface area is 251 Å². The molecule has 10 heteroatoms. The molecule has 3 aliphatic rings. The number of ether oxygens (including phenoxy) is 2. The van der Waals surface area contributed by atoms with E-state index in [0.717, 1.165) is 18.8 Å². The van der Waals surface area contributed by atoms with Gasteiger partial charge in [0.1, 0.15) is 11.6 Å². The lowest BCUT2D eigenvalue weighted by atomic mass is 9.70. The molecule has 2 amide bonds. The maximum absolute atomic E-state index is 14.5. The van der Waals surface area contributed by atoms with Crippen molar-refractivity contribution in [2.45, 2.75) is 62.1 Å². The highest BCUT2D eigenvalue weighted by atomic mass is 79.9. The molecule has 3 fully saturated rings. The molecule has 0 aromatic heterocycles. The third kappa shape index (κ3) is 5.70. The summed E-state index contributed by atoms with van der Waals surface area (Å²) in [7, 11) is 0. The van der Waals surface area contributed by atoms with E-state index in [9.17, 15) is 19.5 Å². The third-order valence-electron chi connectivity index (χ3n) is 8.52. The lowest BCUT2D eigenvalue weighted by molar-refractivity contribution is -0.155. The second kappa shape index (κ2) is 13.5. The normalized spacial score (nSPS) is 28.0. The lowest BCUT2D eigenvalue weighted by Gasteiger charge is -2.37. The Kier molecular flexibility index (Phi) is 10.3. The van der Waals surface area contributed by atoms with Crippen LogP contribution in [0.5, 0.6) is 0 Å². The Morgan fingerprint density at radius 2 is 1.85 bits per heavy atom. The average molecular weight is 633 g/mol. The van der Waals surface area contributed by atoms with Gasteiger partial charge in [0.15, 0.2) is 0 Å². The van der Waals surface area contributed by atoms with Crippen molar-refractivity contribution in [3.05, 3.63) is 49.6 Å². The Morgan fingerprint density at radius 3 is 2.46 bits per heavy atom. The van der Waals surface area contributed by atoms with Gasteiger partial charge in [0, 0.05) is 49.0 Å². The molecule has 1 aromatic rings. The van der Waals surface area contributed by atoms with Crippen LogP contribution in [0.3, 0.4) is 0 Å². The summed E-state index contributed by atoms with van der Waals surface area (Å²) < 4.78 is 12.1. The fourth-order valence-electron chi connectivity index (χ4n) is 6.69. The van der Waals surface area contributed by atoms with Gasteiger partial charge in [0.05, 0.1) is 24.5 Å². The minimum absolute atomic E-state index is 0.134. The van der Waals surface area contributed by atoms with Crippen molar-refractivity contribution in [2.75, 3.05) is 49.2 Å². The number of aliphatic hydroxyl groups excluding tert-OH is 1. The van der Waals surface area contributed by atoms with Gasteiger partial charge >= 0.3 is 5.97 Å². The summed E-state index contributed by atoms with van der Waals surface area (Å²) in [6.45, 7) is 14.0. The lowest BCUT2D eigenvalue weighted by Crippen LogP contribution is -2.57. The SMILES string of the molecule is C=CCCCOC(=O)[C@H]1[C@H]2C(=O)N(CCCO)C(C(=O)N(CC=C)c3ccc(N(CC)CC)cc3)C23CC(Br)[C@@H]1O3. The minimum atomic E-state index is -1.19. The topological polar surface area (TPSA) is 99.6 Å². The molecule has 2 bridgehead atoms. The smallest absolute Gasteiger partial charge is 0.312 e. The number of likely N-dealkylation sites (tertiary alicyclic amines) is 1. The number of halogens is 1. The zero-order valence-corrected chi connectivity index (χ0v) is 25.6. The Bertz CT molecular complexity index is 1130. The number of amides is 2. The Morgan fingerprint density at radius 1 is 1.17 bits per heavy atom. The number of allylic oxidation sites excluding steroid dienone is 1. The molecule has 1 N–H and O–H groups in total. The predicted molar refractivity (Wildman–Crippen MR) is 162 cm³/mol. The van der Waals surface area contributed by atoms with Gasteiger partial charge in [-0.2, -0.15) is 0 Å². The predicted octanol–water partition coefficient (Wildman–Crippen LogP) is 3.69. The molecule has 41 heavy (non-hydrogen) atoms. The highest BCUT2D eigenvalue weighted by Gasteiger charge is 2.77. The van der Waals surface area contributed by atoms with E-state index in [1.165, 1.54) is 4.90 Å². The molecule has 6 atom stereocenters. The van der Waals surface area contributed by atoms with Crippen LogP contribution in [-0.2, 0) is 23.9 Å². The van der Waals surface area contributed by atoms with E-state index in [-0.39, 0.29) is 42.9 Å². The van der Waals surface area contributed by atoms with E-state index in [2.05, 4.69) is 47.8 Å². The number of fused-ring (bicyclic) bond motifs is 1. The first kappa shape index (κ1) is 31.3. The molecular formula is C31H42BrN3O6. The van der Waals surface area contributed by atoms with Crippen LogP contribution < -0.4 is 9.80 Å².